The van der Waals surface area contributed by atoms with Crippen LogP contribution >= 0.6 is 0 Å². The van der Waals surface area contributed by atoms with Gasteiger partial charge in [-0.25, -0.2) is 8.42 Å². The van der Waals surface area contributed by atoms with E-state index in [1.165, 1.54) is 0 Å². The predicted molar refractivity (Wildman–Crippen MR) is 117 cm³/mol. The molecule has 160 valence electrons. The Morgan fingerprint density at radius 3 is 2.21 bits per heavy atom. The molecule has 2 aliphatic rings. The topological polar surface area (TPSA) is 57.7 Å². The molecule has 0 radical (unpaired) electrons. The molecule has 1 aliphatic heterocycles. The number of fused-ring (bicyclic) bond motifs is 1. The monoisotopic (exact) mass is 418 g/mol. The minimum absolute atomic E-state index is 0.0364. The fourth-order valence-electron chi connectivity index (χ4n) is 4.79. The van der Waals surface area contributed by atoms with Gasteiger partial charge in [-0.2, -0.15) is 4.31 Å². The lowest BCUT2D eigenvalue weighted by atomic mass is 9.94. The fourth-order valence-corrected chi connectivity index (χ4v) is 6.51. The van der Waals surface area contributed by atoms with E-state index >= 15 is 0 Å². The molecule has 0 N–H and O–H groups in total. The molecule has 1 aromatic rings. The van der Waals surface area contributed by atoms with Crippen LogP contribution in [-0.4, -0.2) is 48.7 Å². The average Bonchev–Trinajstić information content (AvgIpc) is 3.03. The number of sulfonamides is 1. The largest absolute Gasteiger partial charge is 0.334 e. The minimum atomic E-state index is -3.52. The van der Waals surface area contributed by atoms with Gasteiger partial charge in [-0.15, -0.1) is 0 Å². The summed E-state index contributed by atoms with van der Waals surface area (Å²) in [5.41, 5.74) is 2.59. The molecule has 29 heavy (non-hydrogen) atoms. The van der Waals surface area contributed by atoms with E-state index in [1.807, 2.05) is 44.7 Å². The first-order chi connectivity index (χ1) is 13.5. The number of hydrogen-bond acceptors (Lipinski definition) is 3. The summed E-state index contributed by atoms with van der Waals surface area (Å²) in [6.45, 7) is 13.4. The maximum absolute atomic E-state index is 13.2. The third-order valence-corrected chi connectivity index (χ3v) is 7.75. The second-order valence-corrected chi connectivity index (χ2v) is 11.3. The van der Waals surface area contributed by atoms with Crippen LogP contribution in [0.2, 0.25) is 0 Å². The zero-order chi connectivity index (χ0) is 21.5. The van der Waals surface area contributed by atoms with Crippen molar-refractivity contribution in [3.8, 4) is 0 Å². The molecule has 6 heteroatoms. The van der Waals surface area contributed by atoms with Crippen LogP contribution in [0.15, 0.2) is 28.7 Å². The average molecular weight is 419 g/mol. The van der Waals surface area contributed by atoms with Gasteiger partial charge < -0.3 is 4.90 Å². The van der Waals surface area contributed by atoms with Crippen LogP contribution in [0.3, 0.4) is 0 Å². The zero-order valence-electron chi connectivity index (χ0n) is 18.5. The molecule has 1 saturated heterocycles. The van der Waals surface area contributed by atoms with E-state index in [2.05, 4.69) is 13.8 Å². The Bertz CT molecular complexity index is 900. The molecule has 1 heterocycles. The molecule has 1 amide bonds. The van der Waals surface area contributed by atoms with E-state index in [9.17, 15) is 13.2 Å². The number of rotatable bonds is 5. The van der Waals surface area contributed by atoms with E-state index < -0.39 is 10.0 Å². The van der Waals surface area contributed by atoms with Crippen molar-refractivity contribution in [2.75, 3.05) is 13.1 Å². The zero-order valence-corrected chi connectivity index (χ0v) is 19.3. The summed E-state index contributed by atoms with van der Waals surface area (Å²) in [6, 6.07) is 5.54. The van der Waals surface area contributed by atoms with Crippen molar-refractivity contribution in [1.82, 2.24) is 9.21 Å². The Morgan fingerprint density at radius 2 is 1.66 bits per heavy atom. The van der Waals surface area contributed by atoms with Crippen molar-refractivity contribution in [3.63, 3.8) is 0 Å². The van der Waals surface area contributed by atoms with Gasteiger partial charge in [0.1, 0.15) is 0 Å². The smallest absolute Gasteiger partial charge is 0.250 e. The molecule has 0 bridgehead atoms. The molecule has 1 fully saturated rings. The Labute approximate surface area is 175 Å². The van der Waals surface area contributed by atoms with Gasteiger partial charge in [-0.05, 0) is 75.3 Å². The van der Waals surface area contributed by atoms with E-state index in [-0.39, 0.29) is 18.0 Å². The van der Waals surface area contributed by atoms with E-state index in [4.69, 9.17) is 0 Å². The van der Waals surface area contributed by atoms with Crippen LogP contribution in [-0.2, 0) is 21.2 Å². The fraction of sp³-hybridized carbons (Fsp3) is 0.609. The third-order valence-electron chi connectivity index (χ3n) is 5.92. The summed E-state index contributed by atoms with van der Waals surface area (Å²) < 4.78 is 28.0. The van der Waals surface area contributed by atoms with Gasteiger partial charge in [-0.1, -0.05) is 19.9 Å². The first-order valence-corrected chi connectivity index (χ1v) is 12.1. The van der Waals surface area contributed by atoms with Crippen molar-refractivity contribution >= 4 is 22.0 Å². The summed E-state index contributed by atoms with van der Waals surface area (Å²) in [6.07, 6.45) is 3.49. The molecule has 1 aliphatic carbocycles. The number of hydrogen-bond donors (Lipinski definition) is 0. The number of carbonyl (C=O) groups excluding carboxylic acids is 1. The second kappa shape index (κ2) is 8.23. The van der Waals surface area contributed by atoms with Crippen LogP contribution in [0.25, 0.3) is 6.08 Å². The Kier molecular flexibility index (Phi) is 6.25. The van der Waals surface area contributed by atoms with Crippen molar-refractivity contribution < 1.29 is 13.2 Å². The van der Waals surface area contributed by atoms with Crippen molar-refractivity contribution in [2.24, 2.45) is 11.8 Å². The SMILES string of the molecule is CC1CC(C)CN(S(=O)(=O)c2ccc3c(c2)C=C(C(=O)N(C(C)C)C(C)C)C3)C1. The van der Waals surface area contributed by atoms with Gasteiger partial charge in [-0.3, -0.25) is 4.79 Å². The van der Waals surface area contributed by atoms with Gasteiger partial charge in [0.05, 0.1) is 4.90 Å². The van der Waals surface area contributed by atoms with Gasteiger partial charge in [0.25, 0.3) is 5.91 Å². The first-order valence-electron chi connectivity index (χ1n) is 10.7. The van der Waals surface area contributed by atoms with Crippen LogP contribution in [0.5, 0.6) is 0 Å². The Morgan fingerprint density at radius 1 is 1.07 bits per heavy atom. The Hall–Kier alpha value is -1.66. The number of carbonyl (C=O) groups is 1. The van der Waals surface area contributed by atoms with Crippen LogP contribution in [0, 0.1) is 11.8 Å². The van der Waals surface area contributed by atoms with Crippen LogP contribution in [0.4, 0.5) is 0 Å². The normalized spacial score (nSPS) is 22.7. The summed E-state index contributed by atoms with van der Waals surface area (Å²) in [5.74, 6) is 0.768. The van der Waals surface area contributed by atoms with Crippen LogP contribution < -0.4 is 0 Å². The molecule has 0 aromatic heterocycles. The number of nitrogens with zero attached hydrogens (tertiary/aromatic N) is 2. The maximum Gasteiger partial charge on any atom is 0.250 e. The quantitative estimate of drug-likeness (QED) is 0.728. The molecular formula is C23H34N2O3S. The van der Waals surface area contributed by atoms with Crippen LogP contribution in [0.1, 0.15) is 59.1 Å². The minimum Gasteiger partial charge on any atom is -0.334 e. The highest BCUT2D eigenvalue weighted by atomic mass is 32.2. The Balaban J connectivity index is 1.88. The van der Waals surface area contributed by atoms with Crippen molar-refractivity contribution in [1.29, 1.82) is 0 Å². The summed E-state index contributed by atoms with van der Waals surface area (Å²) >= 11 is 0. The number of amides is 1. The van der Waals surface area contributed by atoms with Gasteiger partial charge >= 0.3 is 0 Å². The summed E-state index contributed by atoms with van der Waals surface area (Å²) in [7, 11) is -3.52. The lowest BCUT2D eigenvalue weighted by Crippen LogP contribution is -2.42. The van der Waals surface area contributed by atoms with Gasteiger partial charge in [0.15, 0.2) is 0 Å². The number of piperidine rings is 1. The van der Waals surface area contributed by atoms with E-state index in [1.54, 1.807) is 16.4 Å². The first kappa shape index (κ1) is 22.0. The molecule has 2 unspecified atom stereocenters. The highest BCUT2D eigenvalue weighted by Crippen LogP contribution is 2.32. The molecule has 0 saturated carbocycles. The highest BCUT2D eigenvalue weighted by Gasteiger charge is 2.33. The van der Waals surface area contributed by atoms with Crippen molar-refractivity contribution in [3.05, 3.63) is 34.9 Å². The molecule has 3 rings (SSSR count). The summed E-state index contributed by atoms with van der Waals surface area (Å²) in [5, 5.41) is 0. The maximum atomic E-state index is 13.2. The third kappa shape index (κ3) is 4.43. The van der Waals surface area contributed by atoms with Gasteiger partial charge in [0.2, 0.25) is 10.0 Å². The number of benzene rings is 1. The molecular weight excluding hydrogens is 384 g/mol. The van der Waals surface area contributed by atoms with Crippen molar-refractivity contribution in [2.45, 2.75) is 71.4 Å². The van der Waals surface area contributed by atoms with Gasteiger partial charge in [0, 0.05) is 37.2 Å². The molecule has 0 spiro atoms. The standard InChI is InChI=1S/C23H34N2O3S/c1-15(2)25(16(3)4)23(26)21-10-19-7-8-22(12-20(19)11-21)29(27,28)24-13-17(5)9-18(6)14-24/h7-8,11-12,15-18H,9-10,13-14H2,1-6H3. The summed E-state index contributed by atoms with van der Waals surface area (Å²) in [4.78, 5) is 15.2. The predicted octanol–water partition coefficient (Wildman–Crippen LogP) is 3.94. The second-order valence-electron chi connectivity index (χ2n) is 9.37. The lowest BCUT2D eigenvalue weighted by molar-refractivity contribution is -0.130. The molecule has 5 nitrogen and oxygen atoms in total. The van der Waals surface area contributed by atoms with E-state index in [0.717, 1.165) is 23.1 Å². The highest BCUT2D eigenvalue weighted by molar-refractivity contribution is 7.89. The molecule has 2 atom stereocenters. The van der Waals surface area contributed by atoms with E-state index in [0.29, 0.717) is 36.2 Å². The molecule has 1 aromatic carbocycles. The lowest BCUT2D eigenvalue weighted by Gasteiger charge is -2.34.